The number of methoxy groups -OCH3 is 2. The van der Waals surface area contributed by atoms with Crippen LogP contribution in [0, 0.1) is 0 Å². The molecule has 1 unspecified atom stereocenters. The normalized spacial score (nSPS) is 12.0. The first-order valence-electron chi connectivity index (χ1n) is 7.27. The molecule has 23 heavy (non-hydrogen) atoms. The molecule has 2 rings (SSSR count). The van der Waals surface area contributed by atoms with E-state index >= 15 is 0 Å². The van der Waals surface area contributed by atoms with Crippen LogP contribution in [0.3, 0.4) is 0 Å². The molecule has 1 heterocycles. The van der Waals surface area contributed by atoms with E-state index in [0.29, 0.717) is 23.6 Å². The zero-order chi connectivity index (χ0) is 16.8. The average Bonchev–Trinajstić information content (AvgIpc) is 3.07. The van der Waals surface area contributed by atoms with E-state index in [0.717, 1.165) is 0 Å². The summed E-state index contributed by atoms with van der Waals surface area (Å²) >= 11 is 1.68. The van der Waals surface area contributed by atoms with Crippen LogP contribution in [0.2, 0.25) is 0 Å². The molecule has 0 aliphatic heterocycles. The number of hydrogen-bond acceptors (Lipinski definition) is 5. The Morgan fingerprint density at radius 3 is 2.57 bits per heavy atom. The maximum absolute atomic E-state index is 12.5. The Morgan fingerprint density at radius 2 is 2.00 bits per heavy atom. The highest BCUT2D eigenvalue weighted by molar-refractivity contribution is 7.10. The van der Waals surface area contributed by atoms with Gasteiger partial charge in [0, 0.05) is 11.4 Å². The van der Waals surface area contributed by atoms with Crippen molar-refractivity contribution in [1.29, 1.82) is 0 Å². The predicted molar refractivity (Wildman–Crippen MR) is 92.6 cm³/mol. The summed E-state index contributed by atoms with van der Waals surface area (Å²) in [7, 11) is 7.09. The second-order valence-corrected chi connectivity index (χ2v) is 6.23. The van der Waals surface area contributed by atoms with Gasteiger partial charge in [0.1, 0.15) is 0 Å². The van der Waals surface area contributed by atoms with E-state index in [1.54, 1.807) is 36.6 Å². The Labute approximate surface area is 140 Å². The number of hydrogen-bond donors (Lipinski definition) is 1. The highest BCUT2D eigenvalue weighted by Gasteiger charge is 2.20. The van der Waals surface area contributed by atoms with Gasteiger partial charge < -0.3 is 19.7 Å². The second-order valence-electron chi connectivity index (χ2n) is 5.25. The van der Waals surface area contributed by atoms with Crippen LogP contribution in [0.15, 0.2) is 35.7 Å². The minimum Gasteiger partial charge on any atom is -0.493 e. The minimum atomic E-state index is -0.177. The number of ether oxygens (including phenoxy) is 2. The molecule has 0 saturated heterocycles. The van der Waals surface area contributed by atoms with Gasteiger partial charge in [0.2, 0.25) is 0 Å². The first kappa shape index (κ1) is 17.3. The molecule has 6 heteroatoms. The lowest BCUT2D eigenvalue weighted by Crippen LogP contribution is -2.34. The third kappa shape index (κ3) is 4.03. The van der Waals surface area contributed by atoms with Crippen molar-refractivity contribution >= 4 is 17.2 Å². The summed E-state index contributed by atoms with van der Waals surface area (Å²) in [6.45, 7) is 0.521. The fourth-order valence-electron chi connectivity index (χ4n) is 2.37. The molecule has 0 radical (unpaired) electrons. The van der Waals surface area contributed by atoms with E-state index < -0.39 is 0 Å². The van der Waals surface area contributed by atoms with Crippen LogP contribution in [-0.4, -0.2) is 45.7 Å². The smallest absolute Gasteiger partial charge is 0.255 e. The lowest BCUT2D eigenvalue weighted by Gasteiger charge is -2.23. The molecule has 124 valence electrons. The van der Waals surface area contributed by atoms with Crippen LogP contribution >= 0.6 is 11.3 Å². The van der Waals surface area contributed by atoms with Crippen LogP contribution in [0.25, 0.3) is 0 Å². The fourth-order valence-corrected chi connectivity index (χ4v) is 3.29. The molecule has 1 atom stereocenters. The van der Waals surface area contributed by atoms with Crippen molar-refractivity contribution in [2.75, 3.05) is 34.9 Å². The Kier molecular flexibility index (Phi) is 6.01. The lowest BCUT2D eigenvalue weighted by atomic mass is 10.1. The first-order chi connectivity index (χ1) is 11.1. The van der Waals surface area contributed by atoms with Gasteiger partial charge in [-0.15, -0.1) is 11.3 Å². The molecule has 0 fully saturated rings. The summed E-state index contributed by atoms with van der Waals surface area (Å²) in [6.07, 6.45) is 0. The van der Waals surface area contributed by atoms with Gasteiger partial charge in [-0.05, 0) is 37.7 Å². The second kappa shape index (κ2) is 7.99. The largest absolute Gasteiger partial charge is 0.493 e. The van der Waals surface area contributed by atoms with Crippen molar-refractivity contribution in [3.63, 3.8) is 0 Å². The molecule has 0 aliphatic carbocycles. The summed E-state index contributed by atoms with van der Waals surface area (Å²) in [6, 6.07) is 9.50. The van der Waals surface area contributed by atoms with Crippen molar-refractivity contribution in [1.82, 2.24) is 10.2 Å². The number of para-hydroxylation sites is 1. The average molecular weight is 334 g/mol. The molecule has 1 N–H and O–H groups in total. The van der Waals surface area contributed by atoms with E-state index in [4.69, 9.17) is 9.47 Å². The number of nitrogens with zero attached hydrogens (tertiary/aromatic N) is 1. The van der Waals surface area contributed by atoms with Gasteiger partial charge in [0.25, 0.3) is 5.91 Å². The van der Waals surface area contributed by atoms with Crippen LogP contribution in [0.4, 0.5) is 0 Å². The third-order valence-electron chi connectivity index (χ3n) is 3.60. The lowest BCUT2D eigenvalue weighted by molar-refractivity contribution is 0.0938. The topological polar surface area (TPSA) is 50.8 Å². The number of carbonyl (C=O) groups is 1. The van der Waals surface area contributed by atoms with Crippen LogP contribution in [-0.2, 0) is 0 Å². The number of likely N-dealkylation sites (N-methyl/N-ethyl adjacent to an activating group) is 1. The van der Waals surface area contributed by atoms with Crippen molar-refractivity contribution in [3.05, 3.63) is 46.2 Å². The Balaban J connectivity index is 2.13. The van der Waals surface area contributed by atoms with Gasteiger partial charge in [-0.2, -0.15) is 0 Å². The Morgan fingerprint density at radius 1 is 1.22 bits per heavy atom. The SMILES string of the molecule is COc1cccc(C(=O)NCC(c2cccs2)N(C)C)c1OC. The highest BCUT2D eigenvalue weighted by Crippen LogP contribution is 2.30. The van der Waals surface area contributed by atoms with Crippen molar-refractivity contribution in [2.24, 2.45) is 0 Å². The molecule has 1 aromatic carbocycles. The number of thiophene rings is 1. The van der Waals surface area contributed by atoms with E-state index in [1.807, 2.05) is 25.5 Å². The summed E-state index contributed by atoms with van der Waals surface area (Å²) in [5.74, 6) is 0.816. The number of amides is 1. The number of nitrogens with one attached hydrogen (secondary N) is 1. The summed E-state index contributed by atoms with van der Waals surface area (Å²) in [4.78, 5) is 15.8. The highest BCUT2D eigenvalue weighted by atomic mass is 32.1. The number of rotatable bonds is 7. The third-order valence-corrected chi connectivity index (χ3v) is 4.57. The summed E-state index contributed by atoms with van der Waals surface area (Å²) < 4.78 is 10.6. The van der Waals surface area contributed by atoms with Crippen molar-refractivity contribution < 1.29 is 14.3 Å². The van der Waals surface area contributed by atoms with E-state index in [-0.39, 0.29) is 11.9 Å². The molecule has 0 aliphatic rings. The summed E-state index contributed by atoms with van der Waals surface area (Å²) in [5.41, 5.74) is 0.468. The Hall–Kier alpha value is -2.05. The minimum absolute atomic E-state index is 0.135. The molecule has 5 nitrogen and oxygen atoms in total. The van der Waals surface area contributed by atoms with Gasteiger partial charge in [-0.1, -0.05) is 12.1 Å². The molecule has 1 amide bonds. The molecule has 2 aromatic rings. The van der Waals surface area contributed by atoms with Gasteiger partial charge in [-0.3, -0.25) is 4.79 Å². The molecule has 1 aromatic heterocycles. The predicted octanol–water partition coefficient (Wildman–Crippen LogP) is 2.80. The first-order valence-corrected chi connectivity index (χ1v) is 8.15. The summed E-state index contributed by atoms with van der Waals surface area (Å²) in [5, 5.41) is 5.03. The zero-order valence-electron chi connectivity index (χ0n) is 13.8. The van der Waals surface area contributed by atoms with Gasteiger partial charge in [-0.25, -0.2) is 0 Å². The Bertz CT molecular complexity index is 641. The molecule has 0 spiro atoms. The monoisotopic (exact) mass is 334 g/mol. The molecular formula is C17H22N2O3S. The number of carbonyl (C=O) groups excluding carboxylic acids is 1. The standard InChI is InChI=1S/C17H22N2O3S/c1-19(2)13(15-9-6-10-23-15)11-18-17(20)12-7-5-8-14(21-3)16(12)22-4/h5-10,13H,11H2,1-4H3,(H,18,20). The maximum Gasteiger partial charge on any atom is 0.255 e. The van der Waals surface area contributed by atoms with E-state index in [2.05, 4.69) is 16.3 Å². The molecule has 0 saturated carbocycles. The fraction of sp³-hybridized carbons (Fsp3) is 0.353. The molecule has 0 bridgehead atoms. The van der Waals surface area contributed by atoms with E-state index in [1.165, 1.54) is 12.0 Å². The van der Waals surface area contributed by atoms with Gasteiger partial charge in [0.15, 0.2) is 11.5 Å². The van der Waals surface area contributed by atoms with Gasteiger partial charge >= 0.3 is 0 Å². The molecular weight excluding hydrogens is 312 g/mol. The quantitative estimate of drug-likeness (QED) is 0.846. The van der Waals surface area contributed by atoms with Crippen LogP contribution in [0.1, 0.15) is 21.3 Å². The van der Waals surface area contributed by atoms with Crippen LogP contribution in [0.5, 0.6) is 11.5 Å². The van der Waals surface area contributed by atoms with Crippen molar-refractivity contribution in [3.8, 4) is 11.5 Å². The maximum atomic E-state index is 12.5. The zero-order valence-corrected chi connectivity index (χ0v) is 14.6. The number of benzene rings is 1. The van der Waals surface area contributed by atoms with Crippen molar-refractivity contribution in [2.45, 2.75) is 6.04 Å². The van der Waals surface area contributed by atoms with Crippen LogP contribution < -0.4 is 14.8 Å². The van der Waals surface area contributed by atoms with Gasteiger partial charge in [0.05, 0.1) is 25.8 Å². The van der Waals surface area contributed by atoms with E-state index in [9.17, 15) is 4.79 Å².